The number of para-hydroxylation sites is 1. The van der Waals surface area contributed by atoms with Gasteiger partial charge in [0.1, 0.15) is 17.4 Å². The van der Waals surface area contributed by atoms with E-state index in [1.54, 1.807) is 7.11 Å². The van der Waals surface area contributed by atoms with E-state index in [0.29, 0.717) is 23.6 Å². The minimum absolute atomic E-state index is 0.574. The average Bonchev–Trinajstić information content (AvgIpc) is 2.72. The molecule has 0 amide bonds. The topological polar surface area (TPSA) is 75.5 Å². The number of ether oxygens (including phenoxy) is 1. The normalized spacial score (nSPS) is 12.0. The Morgan fingerprint density at radius 2 is 1.97 bits per heavy atom. The van der Waals surface area contributed by atoms with E-state index in [4.69, 9.17) is 4.74 Å². The van der Waals surface area contributed by atoms with Crippen molar-refractivity contribution in [2.45, 2.75) is 39.0 Å². The van der Waals surface area contributed by atoms with Gasteiger partial charge in [0.2, 0.25) is 0 Å². The second-order valence-corrected chi connectivity index (χ2v) is 7.13. The molecule has 29 heavy (non-hydrogen) atoms. The first-order valence-electron chi connectivity index (χ1n) is 9.84. The van der Waals surface area contributed by atoms with Crippen molar-refractivity contribution in [2.24, 2.45) is 0 Å². The first kappa shape index (κ1) is 20.6. The molecular formula is C23H27N3O3. The molecule has 0 aliphatic carbocycles. The minimum atomic E-state index is -0.833. The Bertz CT molecular complexity index is 1020. The number of rotatable bonds is 8. The second-order valence-electron chi connectivity index (χ2n) is 7.13. The Morgan fingerprint density at radius 3 is 2.66 bits per heavy atom. The standard InChI is InChI=1S/C23H27N3O3/c1-5-6-9-17(23(27)28)19-14-16(12-13-21(19)29-4)26(3)22-18-10-7-8-11-20(18)24-15(2)25-22/h7-8,10-14,17H,5-6,9H2,1-4H3,(H,27,28). The molecule has 0 aliphatic heterocycles. The zero-order valence-electron chi connectivity index (χ0n) is 17.3. The molecule has 0 bridgehead atoms. The van der Waals surface area contributed by atoms with Gasteiger partial charge in [-0.05, 0) is 43.7 Å². The molecule has 0 radical (unpaired) electrons. The largest absolute Gasteiger partial charge is 0.496 e. The quantitative estimate of drug-likeness (QED) is 0.576. The van der Waals surface area contributed by atoms with Crippen LogP contribution in [0.1, 0.15) is 43.5 Å². The fourth-order valence-corrected chi connectivity index (χ4v) is 3.57. The Hall–Kier alpha value is -3.15. The van der Waals surface area contributed by atoms with E-state index >= 15 is 0 Å². The van der Waals surface area contributed by atoms with E-state index in [-0.39, 0.29) is 0 Å². The van der Waals surface area contributed by atoms with Crippen molar-refractivity contribution in [3.05, 3.63) is 53.9 Å². The fraction of sp³-hybridized carbons (Fsp3) is 0.348. The van der Waals surface area contributed by atoms with Crippen LogP contribution in [0, 0.1) is 6.92 Å². The van der Waals surface area contributed by atoms with Crippen molar-refractivity contribution in [1.29, 1.82) is 0 Å². The maximum atomic E-state index is 12.0. The molecule has 1 heterocycles. The molecule has 1 atom stereocenters. The lowest BCUT2D eigenvalue weighted by molar-refractivity contribution is -0.139. The van der Waals surface area contributed by atoms with Crippen LogP contribution in [0.15, 0.2) is 42.5 Å². The molecule has 1 aromatic heterocycles. The Morgan fingerprint density at radius 1 is 1.21 bits per heavy atom. The van der Waals surface area contributed by atoms with Gasteiger partial charge in [-0.3, -0.25) is 4.79 Å². The van der Waals surface area contributed by atoms with E-state index in [2.05, 4.69) is 16.9 Å². The molecule has 3 aromatic rings. The molecule has 0 saturated heterocycles. The smallest absolute Gasteiger partial charge is 0.311 e. The molecule has 1 N–H and O–H groups in total. The summed E-state index contributed by atoms with van der Waals surface area (Å²) in [5.41, 5.74) is 2.42. The summed E-state index contributed by atoms with van der Waals surface area (Å²) in [5, 5.41) is 10.8. The number of fused-ring (bicyclic) bond motifs is 1. The predicted molar refractivity (Wildman–Crippen MR) is 115 cm³/mol. The van der Waals surface area contributed by atoms with E-state index < -0.39 is 11.9 Å². The number of aryl methyl sites for hydroxylation is 1. The lowest BCUT2D eigenvalue weighted by atomic mass is 9.92. The summed E-state index contributed by atoms with van der Waals surface area (Å²) in [6, 6.07) is 13.5. The van der Waals surface area contributed by atoms with Gasteiger partial charge in [0.05, 0.1) is 18.5 Å². The summed E-state index contributed by atoms with van der Waals surface area (Å²) in [5.74, 6) is 0.617. The van der Waals surface area contributed by atoms with Crippen LogP contribution in [0.25, 0.3) is 10.9 Å². The molecule has 1 unspecified atom stereocenters. The Labute approximate surface area is 171 Å². The number of carboxylic acid groups (broad SMARTS) is 1. The van der Waals surface area contributed by atoms with Crippen molar-refractivity contribution in [1.82, 2.24) is 9.97 Å². The minimum Gasteiger partial charge on any atom is -0.496 e. The van der Waals surface area contributed by atoms with Crippen molar-refractivity contribution in [2.75, 3.05) is 19.1 Å². The average molecular weight is 393 g/mol. The number of hydrogen-bond donors (Lipinski definition) is 1. The maximum absolute atomic E-state index is 12.0. The molecule has 6 heteroatoms. The number of carbonyl (C=O) groups is 1. The van der Waals surface area contributed by atoms with E-state index in [1.807, 2.05) is 61.3 Å². The summed E-state index contributed by atoms with van der Waals surface area (Å²) in [6.07, 6.45) is 2.36. The number of anilines is 2. The van der Waals surface area contributed by atoms with Gasteiger partial charge >= 0.3 is 5.97 Å². The molecule has 3 rings (SSSR count). The van der Waals surface area contributed by atoms with Gasteiger partial charge in [0, 0.05) is 23.7 Å². The van der Waals surface area contributed by atoms with Crippen LogP contribution in [0.5, 0.6) is 5.75 Å². The highest BCUT2D eigenvalue weighted by molar-refractivity contribution is 5.91. The lowest BCUT2D eigenvalue weighted by Gasteiger charge is -2.23. The first-order valence-corrected chi connectivity index (χ1v) is 9.84. The first-order chi connectivity index (χ1) is 14.0. The third-order valence-electron chi connectivity index (χ3n) is 5.13. The molecule has 0 fully saturated rings. The van der Waals surface area contributed by atoms with Gasteiger partial charge in [-0.25, -0.2) is 9.97 Å². The summed E-state index contributed by atoms with van der Waals surface area (Å²) in [4.78, 5) is 23.1. The number of unbranched alkanes of at least 4 members (excludes halogenated alkanes) is 1. The van der Waals surface area contributed by atoms with Crippen molar-refractivity contribution in [3.63, 3.8) is 0 Å². The van der Waals surface area contributed by atoms with Crippen LogP contribution in [0.2, 0.25) is 0 Å². The summed E-state index contributed by atoms with van der Waals surface area (Å²) in [6.45, 7) is 3.93. The molecule has 0 spiro atoms. The number of hydrogen-bond acceptors (Lipinski definition) is 5. The number of methoxy groups -OCH3 is 1. The summed E-state index contributed by atoms with van der Waals surface area (Å²) >= 11 is 0. The highest BCUT2D eigenvalue weighted by Gasteiger charge is 2.24. The van der Waals surface area contributed by atoms with Crippen LogP contribution in [-0.2, 0) is 4.79 Å². The lowest BCUT2D eigenvalue weighted by Crippen LogP contribution is -2.16. The van der Waals surface area contributed by atoms with Crippen LogP contribution in [0.4, 0.5) is 11.5 Å². The van der Waals surface area contributed by atoms with E-state index in [0.717, 1.165) is 35.2 Å². The highest BCUT2D eigenvalue weighted by Crippen LogP contribution is 2.36. The van der Waals surface area contributed by atoms with Gasteiger partial charge in [-0.2, -0.15) is 0 Å². The molecule has 0 aliphatic rings. The third kappa shape index (κ3) is 4.31. The monoisotopic (exact) mass is 393 g/mol. The molecule has 0 saturated carbocycles. The van der Waals surface area contributed by atoms with Crippen molar-refractivity contribution < 1.29 is 14.6 Å². The number of nitrogens with zero attached hydrogens (tertiary/aromatic N) is 3. The van der Waals surface area contributed by atoms with Gasteiger partial charge in [0.15, 0.2) is 0 Å². The molecular weight excluding hydrogens is 366 g/mol. The number of carboxylic acids is 1. The van der Waals surface area contributed by atoms with Crippen LogP contribution in [-0.4, -0.2) is 35.2 Å². The van der Waals surface area contributed by atoms with Crippen molar-refractivity contribution >= 4 is 28.4 Å². The molecule has 152 valence electrons. The fourth-order valence-electron chi connectivity index (χ4n) is 3.57. The Balaban J connectivity index is 2.09. The van der Waals surface area contributed by atoms with Gasteiger partial charge < -0.3 is 14.7 Å². The zero-order valence-corrected chi connectivity index (χ0v) is 17.3. The van der Waals surface area contributed by atoms with Gasteiger partial charge in [-0.1, -0.05) is 31.9 Å². The highest BCUT2D eigenvalue weighted by atomic mass is 16.5. The number of aromatic nitrogens is 2. The number of aliphatic carboxylic acids is 1. The van der Waals surface area contributed by atoms with E-state index in [1.165, 1.54) is 0 Å². The predicted octanol–water partition coefficient (Wildman–Crippen LogP) is 5.07. The zero-order chi connectivity index (χ0) is 21.0. The number of benzene rings is 2. The van der Waals surface area contributed by atoms with Crippen LogP contribution in [0.3, 0.4) is 0 Å². The second kappa shape index (κ2) is 8.90. The third-order valence-corrected chi connectivity index (χ3v) is 5.13. The summed E-state index contributed by atoms with van der Waals surface area (Å²) < 4.78 is 5.48. The molecule has 2 aromatic carbocycles. The molecule has 6 nitrogen and oxygen atoms in total. The Kier molecular flexibility index (Phi) is 6.32. The van der Waals surface area contributed by atoms with Gasteiger partial charge in [-0.15, -0.1) is 0 Å². The maximum Gasteiger partial charge on any atom is 0.311 e. The van der Waals surface area contributed by atoms with Crippen LogP contribution >= 0.6 is 0 Å². The SMILES string of the molecule is CCCCC(C(=O)O)c1cc(N(C)c2nc(C)nc3ccccc23)ccc1OC. The van der Waals surface area contributed by atoms with E-state index in [9.17, 15) is 9.90 Å². The van der Waals surface area contributed by atoms with Crippen LogP contribution < -0.4 is 9.64 Å². The van der Waals surface area contributed by atoms with Crippen molar-refractivity contribution in [3.8, 4) is 5.75 Å². The summed E-state index contributed by atoms with van der Waals surface area (Å²) in [7, 11) is 3.50. The van der Waals surface area contributed by atoms with Gasteiger partial charge in [0.25, 0.3) is 0 Å².